The molecule has 5 heteroatoms. The number of nitrogens with zero attached hydrogens (tertiary/aromatic N) is 4. The lowest BCUT2D eigenvalue weighted by atomic mass is 9.77. The summed E-state index contributed by atoms with van der Waals surface area (Å²) in [5.41, 5.74) is 10.9. The Bertz CT molecular complexity index is 978. The minimum atomic E-state index is 0.436. The third-order valence-electron chi connectivity index (χ3n) is 6.76. The van der Waals surface area contributed by atoms with Crippen molar-refractivity contribution >= 4 is 11.0 Å². The molecule has 0 radical (unpaired) electrons. The van der Waals surface area contributed by atoms with Gasteiger partial charge in [-0.2, -0.15) is 0 Å². The number of aromatic nitrogens is 3. The van der Waals surface area contributed by atoms with E-state index in [2.05, 4.69) is 45.9 Å². The van der Waals surface area contributed by atoms with Crippen LogP contribution in [0.5, 0.6) is 0 Å². The van der Waals surface area contributed by atoms with Crippen LogP contribution >= 0.6 is 0 Å². The molecule has 2 aromatic heterocycles. The van der Waals surface area contributed by atoms with Gasteiger partial charge in [-0.25, -0.2) is 4.98 Å². The number of hydrogen-bond donors (Lipinski definition) is 1. The molecule has 1 aromatic carbocycles. The zero-order valence-corrected chi connectivity index (χ0v) is 17.1. The van der Waals surface area contributed by atoms with Crippen LogP contribution in [0.2, 0.25) is 0 Å². The molecule has 152 valence electrons. The largest absolute Gasteiger partial charge is 0.330 e. The number of likely N-dealkylation sites (tertiary alicyclic amines) is 1. The molecule has 0 unspecified atom stereocenters. The van der Waals surface area contributed by atoms with E-state index in [1.807, 2.05) is 6.20 Å². The summed E-state index contributed by atoms with van der Waals surface area (Å²) < 4.78 is 2.43. The van der Waals surface area contributed by atoms with Gasteiger partial charge >= 0.3 is 0 Å². The number of unbranched alkanes of at least 4 members (excludes halogenated alkanes) is 1. The predicted molar refractivity (Wildman–Crippen MR) is 116 cm³/mol. The summed E-state index contributed by atoms with van der Waals surface area (Å²) in [6.45, 7) is 3.77. The Hall–Kier alpha value is -2.24. The lowest BCUT2D eigenvalue weighted by molar-refractivity contribution is 0.0664. The number of rotatable bonds is 6. The van der Waals surface area contributed by atoms with E-state index in [0.29, 0.717) is 6.04 Å². The number of pyridine rings is 1. The number of imidazole rings is 1. The lowest BCUT2D eigenvalue weighted by Crippen LogP contribution is -2.41. The van der Waals surface area contributed by atoms with Gasteiger partial charge in [-0.1, -0.05) is 18.2 Å². The minimum absolute atomic E-state index is 0.436. The molecule has 5 rings (SSSR count). The maximum absolute atomic E-state index is 5.75. The van der Waals surface area contributed by atoms with E-state index in [4.69, 9.17) is 15.7 Å². The highest BCUT2D eigenvalue weighted by Gasteiger charge is 2.38. The molecular weight excluding hydrogens is 358 g/mol. The van der Waals surface area contributed by atoms with Gasteiger partial charge < -0.3 is 10.3 Å². The molecule has 3 aromatic rings. The van der Waals surface area contributed by atoms with Crippen LogP contribution in [0.25, 0.3) is 11.0 Å². The molecule has 1 fully saturated rings. The summed E-state index contributed by atoms with van der Waals surface area (Å²) in [5, 5.41) is 0. The van der Waals surface area contributed by atoms with Crippen molar-refractivity contribution in [3.8, 4) is 0 Å². The molecule has 0 amide bonds. The number of benzene rings is 1. The highest BCUT2D eigenvalue weighted by molar-refractivity contribution is 5.75. The van der Waals surface area contributed by atoms with Crippen molar-refractivity contribution in [2.24, 2.45) is 11.7 Å². The molecule has 2 aliphatic rings. The second-order valence-corrected chi connectivity index (χ2v) is 8.57. The van der Waals surface area contributed by atoms with Crippen LogP contribution in [-0.2, 0) is 19.5 Å². The molecule has 0 spiro atoms. The van der Waals surface area contributed by atoms with Crippen LogP contribution in [0, 0.1) is 5.92 Å². The van der Waals surface area contributed by atoms with Crippen molar-refractivity contribution in [1.82, 2.24) is 19.4 Å². The van der Waals surface area contributed by atoms with Crippen molar-refractivity contribution < 1.29 is 0 Å². The molecule has 0 bridgehead atoms. The SMILES string of the molecule is NCCCCn1c(CN2CCC[C@@H]3CCc4cccnc4[C@@H]32)nc2ccccc21. The molecule has 3 heterocycles. The highest BCUT2D eigenvalue weighted by atomic mass is 15.2. The predicted octanol–water partition coefficient (Wildman–Crippen LogP) is 4.07. The Morgan fingerprint density at radius 3 is 2.93 bits per heavy atom. The normalized spacial score (nSPS) is 21.8. The molecule has 2 N–H and O–H groups in total. The average Bonchev–Trinajstić information content (AvgIpc) is 3.11. The number of hydrogen-bond acceptors (Lipinski definition) is 4. The van der Waals surface area contributed by atoms with E-state index in [1.165, 1.54) is 48.3 Å². The highest BCUT2D eigenvalue weighted by Crippen LogP contribution is 2.43. The number of piperidine rings is 1. The first-order valence-corrected chi connectivity index (χ1v) is 11.2. The first-order valence-electron chi connectivity index (χ1n) is 11.2. The van der Waals surface area contributed by atoms with E-state index in [0.717, 1.165) is 50.5 Å². The zero-order valence-electron chi connectivity index (χ0n) is 17.1. The Morgan fingerprint density at radius 2 is 2.00 bits per heavy atom. The van der Waals surface area contributed by atoms with E-state index in [1.54, 1.807) is 0 Å². The third kappa shape index (κ3) is 3.58. The number of aryl methyl sites for hydroxylation is 2. The molecule has 1 saturated heterocycles. The van der Waals surface area contributed by atoms with Gasteiger partial charge in [0.05, 0.1) is 29.3 Å². The average molecular weight is 390 g/mol. The molecule has 29 heavy (non-hydrogen) atoms. The van der Waals surface area contributed by atoms with Crippen molar-refractivity contribution in [3.05, 3.63) is 59.7 Å². The van der Waals surface area contributed by atoms with E-state index < -0.39 is 0 Å². The topological polar surface area (TPSA) is 60.0 Å². The molecule has 1 aliphatic heterocycles. The van der Waals surface area contributed by atoms with Gasteiger partial charge in [0, 0.05) is 12.7 Å². The fourth-order valence-corrected chi connectivity index (χ4v) is 5.39. The smallest absolute Gasteiger partial charge is 0.124 e. The summed E-state index contributed by atoms with van der Waals surface area (Å²) >= 11 is 0. The molecule has 1 aliphatic carbocycles. The second-order valence-electron chi connectivity index (χ2n) is 8.57. The van der Waals surface area contributed by atoms with Crippen LogP contribution in [-0.4, -0.2) is 32.5 Å². The van der Waals surface area contributed by atoms with Crippen LogP contribution in [0.3, 0.4) is 0 Å². The Kier molecular flexibility index (Phi) is 5.34. The monoisotopic (exact) mass is 389 g/mol. The lowest BCUT2D eigenvalue weighted by Gasteiger charge is -2.44. The Labute approximate surface area is 172 Å². The van der Waals surface area contributed by atoms with Crippen molar-refractivity contribution in [3.63, 3.8) is 0 Å². The minimum Gasteiger partial charge on any atom is -0.330 e. The summed E-state index contributed by atoms with van der Waals surface area (Å²) in [6.07, 6.45) is 9.18. The van der Waals surface area contributed by atoms with E-state index >= 15 is 0 Å². The van der Waals surface area contributed by atoms with Gasteiger partial charge in [0.1, 0.15) is 5.82 Å². The fraction of sp³-hybridized carbons (Fsp3) is 0.500. The number of para-hydroxylation sites is 2. The quantitative estimate of drug-likeness (QED) is 0.646. The fourth-order valence-electron chi connectivity index (χ4n) is 5.39. The summed E-state index contributed by atoms with van der Waals surface area (Å²) in [4.78, 5) is 12.5. The Morgan fingerprint density at radius 1 is 1.07 bits per heavy atom. The standard InChI is InChI=1S/C24H31N5/c25-13-3-4-16-29-21-10-2-1-9-20(21)27-22(29)17-28-15-6-8-19-12-11-18-7-5-14-26-23(18)24(19)28/h1-2,5,7,9-10,14,19,24H,3-4,6,8,11-13,15-17,25H2/t19-,24-/m1/s1. The number of fused-ring (bicyclic) bond motifs is 4. The second kappa shape index (κ2) is 8.25. The van der Waals surface area contributed by atoms with Gasteiger partial charge in [-0.15, -0.1) is 0 Å². The van der Waals surface area contributed by atoms with Crippen LogP contribution in [0.1, 0.15) is 55.2 Å². The van der Waals surface area contributed by atoms with Gasteiger partial charge in [-0.3, -0.25) is 9.88 Å². The van der Waals surface area contributed by atoms with Gasteiger partial charge in [-0.05, 0) is 81.3 Å². The summed E-state index contributed by atoms with van der Waals surface area (Å²) in [5.74, 6) is 1.91. The van der Waals surface area contributed by atoms with E-state index in [-0.39, 0.29) is 0 Å². The van der Waals surface area contributed by atoms with Crippen LogP contribution in [0.4, 0.5) is 0 Å². The number of nitrogens with two attached hydrogens (primary N) is 1. The van der Waals surface area contributed by atoms with Crippen molar-refractivity contribution in [1.29, 1.82) is 0 Å². The molecule has 0 saturated carbocycles. The molecule has 5 nitrogen and oxygen atoms in total. The molecular formula is C24H31N5. The van der Waals surface area contributed by atoms with Gasteiger partial charge in [0.15, 0.2) is 0 Å². The van der Waals surface area contributed by atoms with Crippen LogP contribution < -0.4 is 5.73 Å². The van der Waals surface area contributed by atoms with E-state index in [9.17, 15) is 0 Å². The first kappa shape index (κ1) is 18.8. The first-order chi connectivity index (χ1) is 14.3. The van der Waals surface area contributed by atoms with Gasteiger partial charge in [0.25, 0.3) is 0 Å². The van der Waals surface area contributed by atoms with Gasteiger partial charge in [0.2, 0.25) is 0 Å². The van der Waals surface area contributed by atoms with Crippen molar-refractivity contribution in [2.75, 3.05) is 13.1 Å². The maximum atomic E-state index is 5.75. The van der Waals surface area contributed by atoms with Crippen molar-refractivity contribution in [2.45, 2.75) is 57.7 Å². The maximum Gasteiger partial charge on any atom is 0.124 e. The Balaban J connectivity index is 1.48. The summed E-state index contributed by atoms with van der Waals surface area (Å²) in [7, 11) is 0. The zero-order chi connectivity index (χ0) is 19.6. The van der Waals surface area contributed by atoms with Crippen LogP contribution in [0.15, 0.2) is 42.6 Å². The third-order valence-corrected chi connectivity index (χ3v) is 6.76. The molecule has 2 atom stereocenters. The summed E-state index contributed by atoms with van der Waals surface area (Å²) in [6, 6.07) is 13.3.